The first kappa shape index (κ1) is 15.1. The topological polar surface area (TPSA) is 76.4 Å². The molecule has 0 aliphatic heterocycles. The van der Waals surface area contributed by atoms with Gasteiger partial charge in [-0.2, -0.15) is 5.10 Å². The largest absolute Gasteiger partial charge is 0.394 e. The summed E-state index contributed by atoms with van der Waals surface area (Å²) in [6.07, 6.45) is 1.55. The highest BCUT2D eigenvalue weighted by atomic mass is 79.9. The number of aliphatic hydroxyl groups is 1. The first-order valence-corrected chi connectivity index (χ1v) is 6.34. The zero-order chi connectivity index (χ0) is 13.8. The quantitative estimate of drug-likeness (QED) is 0.812. The molecule has 102 valence electrons. The fourth-order valence-electron chi connectivity index (χ4n) is 1.57. The molecule has 0 amide bonds. The standard InChI is InChI=1S/C11H18BrN3O3/c1-11(2,7-18-3)14-8-6-13-15(4-5-16)10(17)9(8)12/h6,14,16H,4-5,7H2,1-3H3. The molecular weight excluding hydrogens is 302 g/mol. The Morgan fingerprint density at radius 3 is 2.83 bits per heavy atom. The third kappa shape index (κ3) is 3.79. The van der Waals surface area contributed by atoms with Gasteiger partial charge >= 0.3 is 0 Å². The van der Waals surface area contributed by atoms with Gasteiger partial charge in [-0.15, -0.1) is 0 Å². The van der Waals surface area contributed by atoms with E-state index in [-0.39, 0.29) is 24.2 Å². The van der Waals surface area contributed by atoms with Crippen LogP contribution in [0.2, 0.25) is 0 Å². The van der Waals surface area contributed by atoms with Crippen molar-refractivity contribution in [1.82, 2.24) is 9.78 Å². The fraction of sp³-hybridized carbons (Fsp3) is 0.636. The molecule has 1 aromatic heterocycles. The minimum absolute atomic E-state index is 0.124. The number of ether oxygens (including phenoxy) is 1. The van der Waals surface area contributed by atoms with Gasteiger partial charge in [0.25, 0.3) is 5.56 Å². The molecule has 1 rings (SSSR count). The molecular formula is C11H18BrN3O3. The smallest absolute Gasteiger partial charge is 0.283 e. The van der Waals surface area contributed by atoms with Crippen molar-refractivity contribution in [2.75, 3.05) is 25.6 Å². The summed E-state index contributed by atoms with van der Waals surface area (Å²) >= 11 is 3.25. The molecule has 0 saturated heterocycles. The summed E-state index contributed by atoms with van der Waals surface area (Å²) in [6, 6.07) is 0. The van der Waals surface area contributed by atoms with Gasteiger partial charge in [-0.3, -0.25) is 4.79 Å². The first-order valence-electron chi connectivity index (χ1n) is 5.55. The third-order valence-corrected chi connectivity index (χ3v) is 3.04. The fourth-order valence-corrected chi connectivity index (χ4v) is 1.97. The van der Waals surface area contributed by atoms with E-state index < -0.39 is 0 Å². The SMILES string of the molecule is COCC(C)(C)Nc1cnn(CCO)c(=O)c1Br. The predicted molar refractivity (Wildman–Crippen MR) is 72.9 cm³/mol. The number of anilines is 1. The highest BCUT2D eigenvalue weighted by Gasteiger charge is 2.19. The maximum absolute atomic E-state index is 11.9. The lowest BCUT2D eigenvalue weighted by Crippen LogP contribution is -2.37. The number of aromatic nitrogens is 2. The molecule has 2 N–H and O–H groups in total. The Hall–Kier alpha value is -0.920. The van der Waals surface area contributed by atoms with Gasteiger partial charge in [0, 0.05) is 7.11 Å². The summed E-state index contributed by atoms with van der Waals surface area (Å²) in [5.74, 6) is 0. The zero-order valence-electron chi connectivity index (χ0n) is 10.7. The van der Waals surface area contributed by atoms with Crippen LogP contribution >= 0.6 is 15.9 Å². The van der Waals surface area contributed by atoms with Crippen molar-refractivity contribution >= 4 is 21.6 Å². The Kier molecular flexibility index (Phi) is 5.30. The summed E-state index contributed by atoms with van der Waals surface area (Å²) < 4.78 is 6.70. The number of aliphatic hydroxyl groups excluding tert-OH is 1. The molecule has 0 bridgehead atoms. The van der Waals surface area contributed by atoms with Crippen LogP contribution in [-0.4, -0.2) is 40.7 Å². The molecule has 0 saturated carbocycles. The molecule has 0 aliphatic rings. The Morgan fingerprint density at radius 2 is 2.28 bits per heavy atom. The van der Waals surface area contributed by atoms with E-state index in [1.165, 1.54) is 4.68 Å². The van der Waals surface area contributed by atoms with Crippen molar-refractivity contribution in [2.45, 2.75) is 25.9 Å². The maximum atomic E-state index is 11.9. The van der Waals surface area contributed by atoms with Crippen molar-refractivity contribution in [2.24, 2.45) is 0 Å². The Balaban J connectivity index is 2.99. The van der Waals surface area contributed by atoms with E-state index in [4.69, 9.17) is 9.84 Å². The molecule has 0 unspecified atom stereocenters. The molecule has 1 aromatic rings. The summed E-state index contributed by atoms with van der Waals surface area (Å²) in [5.41, 5.74) is 0.0210. The summed E-state index contributed by atoms with van der Waals surface area (Å²) in [7, 11) is 1.62. The van der Waals surface area contributed by atoms with Crippen molar-refractivity contribution in [1.29, 1.82) is 0 Å². The van der Waals surface area contributed by atoms with Crippen LogP contribution in [0, 0.1) is 0 Å². The van der Waals surface area contributed by atoms with Crippen LogP contribution in [-0.2, 0) is 11.3 Å². The van der Waals surface area contributed by atoms with Crippen LogP contribution in [0.15, 0.2) is 15.5 Å². The molecule has 1 heterocycles. The molecule has 7 heteroatoms. The first-order chi connectivity index (χ1) is 8.41. The number of hydrogen-bond donors (Lipinski definition) is 2. The third-order valence-electron chi connectivity index (χ3n) is 2.27. The second kappa shape index (κ2) is 6.31. The van der Waals surface area contributed by atoms with Crippen LogP contribution in [0.1, 0.15) is 13.8 Å². The molecule has 0 radical (unpaired) electrons. The van der Waals surface area contributed by atoms with Crippen molar-refractivity contribution in [3.63, 3.8) is 0 Å². The van der Waals surface area contributed by atoms with E-state index >= 15 is 0 Å². The van der Waals surface area contributed by atoms with Crippen LogP contribution < -0.4 is 10.9 Å². The molecule has 0 aromatic carbocycles. The molecule has 18 heavy (non-hydrogen) atoms. The molecule has 0 aliphatic carbocycles. The lowest BCUT2D eigenvalue weighted by Gasteiger charge is -2.26. The molecule has 0 fully saturated rings. The van der Waals surface area contributed by atoms with Gasteiger partial charge in [0.05, 0.1) is 37.2 Å². The number of nitrogens with one attached hydrogen (secondary N) is 1. The molecule has 6 nitrogen and oxygen atoms in total. The predicted octanol–water partition coefficient (Wildman–Crippen LogP) is 0.835. The van der Waals surface area contributed by atoms with Crippen LogP contribution in [0.4, 0.5) is 5.69 Å². The van der Waals surface area contributed by atoms with Gasteiger partial charge in [-0.25, -0.2) is 4.68 Å². The van der Waals surface area contributed by atoms with Crippen LogP contribution in [0.3, 0.4) is 0 Å². The average Bonchev–Trinajstić information content (AvgIpc) is 2.29. The Morgan fingerprint density at radius 1 is 1.61 bits per heavy atom. The zero-order valence-corrected chi connectivity index (χ0v) is 12.3. The van der Waals surface area contributed by atoms with Gasteiger partial charge in [-0.05, 0) is 29.8 Å². The minimum Gasteiger partial charge on any atom is -0.394 e. The Labute approximate surface area is 114 Å². The summed E-state index contributed by atoms with van der Waals surface area (Å²) in [4.78, 5) is 11.9. The second-order valence-electron chi connectivity index (χ2n) is 4.57. The number of nitrogens with zero attached hydrogens (tertiary/aromatic N) is 2. The average molecular weight is 320 g/mol. The van der Waals surface area contributed by atoms with Gasteiger partial charge in [0.1, 0.15) is 4.47 Å². The van der Waals surface area contributed by atoms with E-state index in [0.29, 0.717) is 16.8 Å². The summed E-state index contributed by atoms with van der Waals surface area (Å²) in [5, 5.41) is 16.0. The van der Waals surface area contributed by atoms with E-state index in [1.807, 2.05) is 13.8 Å². The number of hydrogen-bond acceptors (Lipinski definition) is 5. The number of rotatable bonds is 6. The van der Waals surface area contributed by atoms with Crippen LogP contribution in [0.5, 0.6) is 0 Å². The Bertz CT molecular complexity index is 459. The highest BCUT2D eigenvalue weighted by Crippen LogP contribution is 2.20. The number of halogens is 1. The van der Waals surface area contributed by atoms with E-state index in [9.17, 15) is 4.79 Å². The maximum Gasteiger partial charge on any atom is 0.283 e. The van der Waals surface area contributed by atoms with Crippen molar-refractivity contribution < 1.29 is 9.84 Å². The lowest BCUT2D eigenvalue weighted by atomic mass is 10.1. The van der Waals surface area contributed by atoms with Gasteiger partial charge in [0.2, 0.25) is 0 Å². The van der Waals surface area contributed by atoms with E-state index in [0.717, 1.165) is 0 Å². The van der Waals surface area contributed by atoms with Gasteiger partial charge < -0.3 is 15.2 Å². The van der Waals surface area contributed by atoms with Gasteiger partial charge in [0.15, 0.2) is 0 Å². The molecule has 0 atom stereocenters. The normalized spacial score (nSPS) is 11.6. The monoisotopic (exact) mass is 319 g/mol. The van der Waals surface area contributed by atoms with Crippen molar-refractivity contribution in [3.8, 4) is 0 Å². The van der Waals surface area contributed by atoms with Crippen molar-refractivity contribution in [3.05, 3.63) is 21.0 Å². The summed E-state index contributed by atoms with van der Waals surface area (Å²) in [6.45, 7) is 4.48. The molecule has 0 spiro atoms. The highest BCUT2D eigenvalue weighted by molar-refractivity contribution is 9.10. The lowest BCUT2D eigenvalue weighted by molar-refractivity contribution is 0.158. The van der Waals surface area contributed by atoms with E-state index in [1.54, 1.807) is 13.3 Å². The van der Waals surface area contributed by atoms with E-state index in [2.05, 4.69) is 26.3 Å². The second-order valence-corrected chi connectivity index (χ2v) is 5.36. The van der Waals surface area contributed by atoms with Crippen LogP contribution in [0.25, 0.3) is 0 Å². The minimum atomic E-state index is -0.311. The number of methoxy groups -OCH3 is 1. The van der Waals surface area contributed by atoms with Gasteiger partial charge in [-0.1, -0.05) is 0 Å².